The second kappa shape index (κ2) is 6.04. The van der Waals surface area contributed by atoms with Gasteiger partial charge >= 0.3 is 5.97 Å². The number of allylic oxidation sites excluding steroid dienone is 4. The fourth-order valence-electron chi connectivity index (χ4n) is 6.92. The van der Waals surface area contributed by atoms with Crippen LogP contribution in [0.25, 0.3) is 0 Å². The van der Waals surface area contributed by atoms with E-state index in [0.717, 1.165) is 24.8 Å². The monoisotopic (exact) mass is 372 g/mol. The molecule has 1 saturated heterocycles. The van der Waals surface area contributed by atoms with Gasteiger partial charge < -0.3 is 9.84 Å². The molecular formula is C23H32O4. The number of carbonyl (C=O) groups is 2. The van der Waals surface area contributed by atoms with Crippen molar-refractivity contribution in [3.05, 3.63) is 23.8 Å². The summed E-state index contributed by atoms with van der Waals surface area (Å²) in [4.78, 5) is 23.9. The van der Waals surface area contributed by atoms with Crippen molar-refractivity contribution in [1.29, 1.82) is 0 Å². The zero-order valence-corrected chi connectivity index (χ0v) is 17.0. The Labute approximate surface area is 162 Å². The largest absolute Gasteiger partial charge is 0.459 e. The minimum absolute atomic E-state index is 0.112. The molecule has 0 aromatic heterocycles. The molecule has 1 N–H and O–H groups in total. The summed E-state index contributed by atoms with van der Waals surface area (Å²) in [5.41, 5.74) is 0.135. The van der Waals surface area contributed by atoms with E-state index in [0.29, 0.717) is 25.2 Å². The van der Waals surface area contributed by atoms with Gasteiger partial charge in [0.1, 0.15) is 5.60 Å². The minimum Gasteiger partial charge on any atom is -0.459 e. The standard InChI is InChI=1S/C23H32O4/c1-5-17-16-7-6-14-12-15(24)8-10-21(14,2)20(16)18(25)13-22(17,3)23(4)11-9-19(26)27-23/h6-7,12,16-18,20,25H,5,8-11,13H2,1-4H3/t16?,17?,18-,20?,21?,22?,23-/m1/s1. The van der Waals surface area contributed by atoms with Gasteiger partial charge in [-0.05, 0) is 55.1 Å². The number of aliphatic hydroxyl groups is 1. The Morgan fingerprint density at radius 3 is 2.56 bits per heavy atom. The first-order valence-corrected chi connectivity index (χ1v) is 10.5. The molecule has 4 rings (SSSR count). The van der Waals surface area contributed by atoms with Crippen LogP contribution in [0.3, 0.4) is 0 Å². The molecule has 27 heavy (non-hydrogen) atoms. The molecule has 4 nitrogen and oxygen atoms in total. The number of aliphatic hydroxyl groups excluding tert-OH is 1. The van der Waals surface area contributed by atoms with Crippen LogP contribution in [0.1, 0.15) is 66.2 Å². The summed E-state index contributed by atoms with van der Waals surface area (Å²) in [6, 6.07) is 0. The van der Waals surface area contributed by atoms with Crippen molar-refractivity contribution in [2.45, 2.75) is 77.9 Å². The summed E-state index contributed by atoms with van der Waals surface area (Å²) in [5.74, 6) is 0.746. The average molecular weight is 373 g/mol. The summed E-state index contributed by atoms with van der Waals surface area (Å²) < 4.78 is 5.87. The fourth-order valence-corrected chi connectivity index (χ4v) is 6.92. The third-order valence-corrected chi connectivity index (χ3v) is 8.64. The number of fused-ring (bicyclic) bond motifs is 3. The van der Waals surface area contributed by atoms with Crippen LogP contribution in [0.2, 0.25) is 0 Å². The second-order valence-electron chi connectivity index (χ2n) is 9.85. The van der Waals surface area contributed by atoms with Gasteiger partial charge in [-0.15, -0.1) is 0 Å². The van der Waals surface area contributed by atoms with Crippen molar-refractivity contribution < 1.29 is 19.4 Å². The lowest BCUT2D eigenvalue weighted by Gasteiger charge is -2.61. The maximum absolute atomic E-state index is 12.0. The van der Waals surface area contributed by atoms with E-state index in [1.54, 1.807) is 6.08 Å². The van der Waals surface area contributed by atoms with Gasteiger partial charge in [0.25, 0.3) is 0 Å². The van der Waals surface area contributed by atoms with Gasteiger partial charge in [-0.1, -0.05) is 39.3 Å². The first-order valence-electron chi connectivity index (χ1n) is 10.5. The van der Waals surface area contributed by atoms with Gasteiger partial charge in [-0.25, -0.2) is 0 Å². The molecule has 1 aliphatic heterocycles. The second-order valence-corrected chi connectivity index (χ2v) is 9.85. The molecule has 0 amide bonds. The van der Waals surface area contributed by atoms with Crippen molar-refractivity contribution in [3.63, 3.8) is 0 Å². The molecule has 148 valence electrons. The van der Waals surface area contributed by atoms with Crippen molar-refractivity contribution in [2.24, 2.45) is 28.6 Å². The van der Waals surface area contributed by atoms with E-state index < -0.39 is 11.7 Å². The lowest BCUT2D eigenvalue weighted by Crippen LogP contribution is -2.61. The summed E-state index contributed by atoms with van der Waals surface area (Å²) >= 11 is 0. The van der Waals surface area contributed by atoms with Crippen molar-refractivity contribution in [3.8, 4) is 0 Å². The van der Waals surface area contributed by atoms with E-state index in [4.69, 9.17) is 4.74 Å². The maximum atomic E-state index is 12.0. The van der Waals surface area contributed by atoms with Crippen LogP contribution >= 0.6 is 0 Å². The van der Waals surface area contributed by atoms with Crippen LogP contribution < -0.4 is 0 Å². The molecule has 2 fully saturated rings. The molecule has 1 heterocycles. The average Bonchev–Trinajstić information content (AvgIpc) is 2.96. The van der Waals surface area contributed by atoms with Crippen molar-refractivity contribution >= 4 is 11.8 Å². The van der Waals surface area contributed by atoms with Crippen LogP contribution in [-0.2, 0) is 14.3 Å². The summed E-state index contributed by atoms with van der Waals surface area (Å²) in [7, 11) is 0. The molecule has 0 aromatic carbocycles. The Morgan fingerprint density at radius 2 is 1.93 bits per heavy atom. The third-order valence-electron chi connectivity index (χ3n) is 8.64. The lowest BCUT2D eigenvalue weighted by molar-refractivity contribution is -0.192. The molecule has 5 unspecified atom stereocenters. The van der Waals surface area contributed by atoms with E-state index >= 15 is 0 Å². The molecule has 0 bridgehead atoms. The maximum Gasteiger partial charge on any atom is 0.306 e. The van der Waals surface area contributed by atoms with E-state index in [2.05, 4.69) is 39.8 Å². The highest BCUT2D eigenvalue weighted by atomic mass is 16.6. The number of ether oxygens (including phenoxy) is 1. The highest BCUT2D eigenvalue weighted by Crippen LogP contribution is 2.64. The van der Waals surface area contributed by atoms with Crippen LogP contribution in [0.4, 0.5) is 0 Å². The number of carbonyl (C=O) groups excluding carboxylic acids is 2. The summed E-state index contributed by atoms with van der Waals surface area (Å²) in [5, 5.41) is 11.4. The SMILES string of the molecule is CCC1C2C=CC3=CC(=O)CCC3(C)C2[C@H](O)CC1(C)[C@@]1(C)CCC(=O)O1. The molecule has 7 atom stereocenters. The Hall–Kier alpha value is -1.42. The smallest absolute Gasteiger partial charge is 0.306 e. The fraction of sp³-hybridized carbons (Fsp3) is 0.739. The molecule has 3 aliphatic carbocycles. The molecule has 0 spiro atoms. The van der Waals surface area contributed by atoms with Crippen LogP contribution in [0.15, 0.2) is 23.8 Å². The minimum atomic E-state index is -0.524. The molecule has 0 radical (unpaired) electrons. The van der Waals surface area contributed by atoms with Crippen molar-refractivity contribution in [2.75, 3.05) is 0 Å². The van der Waals surface area contributed by atoms with Crippen LogP contribution in [-0.4, -0.2) is 28.6 Å². The predicted octanol–water partition coefficient (Wildman–Crippen LogP) is 3.98. The predicted molar refractivity (Wildman–Crippen MR) is 103 cm³/mol. The molecular weight excluding hydrogens is 340 g/mol. The first kappa shape index (κ1) is 18.9. The van der Waals surface area contributed by atoms with Gasteiger partial charge in [0.15, 0.2) is 5.78 Å². The van der Waals surface area contributed by atoms with Crippen LogP contribution in [0, 0.1) is 28.6 Å². The quantitative estimate of drug-likeness (QED) is 0.745. The number of hydrogen-bond donors (Lipinski definition) is 1. The number of esters is 1. The highest BCUT2D eigenvalue weighted by Gasteiger charge is 2.63. The Morgan fingerprint density at radius 1 is 1.19 bits per heavy atom. The van der Waals surface area contributed by atoms with E-state index in [1.807, 2.05) is 0 Å². The molecule has 4 aliphatic rings. The highest BCUT2D eigenvalue weighted by molar-refractivity contribution is 5.92. The normalized spacial score (nSPS) is 49.3. The summed E-state index contributed by atoms with van der Waals surface area (Å²) in [6.07, 6.45) is 9.86. The Bertz CT molecular complexity index is 737. The number of hydrogen-bond acceptors (Lipinski definition) is 4. The van der Waals surface area contributed by atoms with Gasteiger partial charge in [0, 0.05) is 24.2 Å². The van der Waals surface area contributed by atoms with E-state index in [1.165, 1.54) is 0 Å². The van der Waals surface area contributed by atoms with Gasteiger partial charge in [-0.3, -0.25) is 9.59 Å². The molecule has 1 saturated carbocycles. The van der Waals surface area contributed by atoms with Gasteiger partial charge in [0.05, 0.1) is 6.10 Å². The van der Waals surface area contributed by atoms with E-state index in [9.17, 15) is 14.7 Å². The zero-order valence-electron chi connectivity index (χ0n) is 17.0. The first-order chi connectivity index (χ1) is 12.6. The molecule has 4 heteroatoms. The lowest BCUT2D eigenvalue weighted by atomic mass is 9.45. The van der Waals surface area contributed by atoms with E-state index in [-0.39, 0.29) is 34.4 Å². The number of cyclic esters (lactones) is 1. The number of rotatable bonds is 2. The van der Waals surface area contributed by atoms with Gasteiger partial charge in [0.2, 0.25) is 0 Å². The Balaban J connectivity index is 1.78. The molecule has 0 aromatic rings. The topological polar surface area (TPSA) is 63.6 Å². The van der Waals surface area contributed by atoms with Gasteiger partial charge in [-0.2, -0.15) is 0 Å². The van der Waals surface area contributed by atoms with Crippen molar-refractivity contribution in [1.82, 2.24) is 0 Å². The Kier molecular flexibility index (Phi) is 4.23. The van der Waals surface area contributed by atoms with Crippen LogP contribution in [0.5, 0.6) is 0 Å². The number of ketones is 1. The zero-order chi connectivity index (χ0) is 19.6. The summed E-state index contributed by atoms with van der Waals surface area (Å²) in [6.45, 7) is 8.71. The third kappa shape index (κ3) is 2.52.